The third-order valence-electron chi connectivity index (χ3n) is 2.25. The zero-order valence-electron chi connectivity index (χ0n) is 9.09. The van der Waals surface area contributed by atoms with Crippen LogP contribution in [0.15, 0.2) is 24.3 Å². The van der Waals surface area contributed by atoms with Gasteiger partial charge in [-0.3, -0.25) is 0 Å². The molecule has 0 aliphatic rings. The second kappa shape index (κ2) is 5.18. The Morgan fingerprint density at radius 1 is 1.17 bits per heavy atom. The van der Waals surface area contributed by atoms with Crippen LogP contribution in [0.3, 0.4) is 0 Å². The van der Waals surface area contributed by atoms with E-state index in [0.29, 0.717) is 11.3 Å². The van der Waals surface area contributed by atoms with Crippen molar-refractivity contribution < 1.29 is 0 Å². The summed E-state index contributed by atoms with van der Waals surface area (Å²) in [6, 6.07) is 0. The molecule has 0 aromatic carbocycles. The lowest BCUT2D eigenvalue weighted by atomic mass is 9.82. The number of hydrogen-bond acceptors (Lipinski definition) is 0. The van der Waals surface area contributed by atoms with Crippen LogP contribution in [0.25, 0.3) is 0 Å². The Morgan fingerprint density at radius 3 is 2.17 bits per heavy atom. The van der Waals surface area contributed by atoms with Gasteiger partial charge in [-0.25, -0.2) is 0 Å². The Morgan fingerprint density at radius 2 is 1.75 bits per heavy atom. The first-order chi connectivity index (χ1) is 5.48. The summed E-state index contributed by atoms with van der Waals surface area (Å²) in [4.78, 5) is 0. The van der Waals surface area contributed by atoms with Crippen LogP contribution >= 0.6 is 0 Å². The molecule has 12 heavy (non-hydrogen) atoms. The summed E-state index contributed by atoms with van der Waals surface area (Å²) < 4.78 is 0. The first kappa shape index (κ1) is 11.5. The van der Waals surface area contributed by atoms with E-state index in [1.807, 2.05) is 0 Å². The van der Waals surface area contributed by atoms with Gasteiger partial charge >= 0.3 is 0 Å². The van der Waals surface area contributed by atoms with E-state index >= 15 is 0 Å². The van der Waals surface area contributed by atoms with Gasteiger partial charge in [-0.05, 0) is 17.8 Å². The summed E-state index contributed by atoms with van der Waals surface area (Å²) in [7, 11) is 0. The minimum absolute atomic E-state index is 0.385. The lowest BCUT2D eigenvalue weighted by Gasteiger charge is -2.23. The molecule has 0 spiro atoms. The molecule has 0 radical (unpaired) electrons. The van der Waals surface area contributed by atoms with Crippen molar-refractivity contribution in [1.82, 2.24) is 0 Å². The minimum Gasteiger partial charge on any atom is -0.0848 e. The molecule has 0 aromatic rings. The van der Waals surface area contributed by atoms with Gasteiger partial charge in [0.15, 0.2) is 0 Å². The predicted molar refractivity (Wildman–Crippen MR) is 57.2 cm³/mol. The van der Waals surface area contributed by atoms with Crippen LogP contribution in [-0.2, 0) is 0 Å². The zero-order chi connectivity index (χ0) is 9.61. The van der Waals surface area contributed by atoms with E-state index in [-0.39, 0.29) is 0 Å². The maximum absolute atomic E-state index is 2.27. The van der Waals surface area contributed by atoms with E-state index in [0.717, 1.165) is 6.42 Å². The molecule has 0 bridgehead atoms. The van der Waals surface area contributed by atoms with Crippen LogP contribution in [0.4, 0.5) is 0 Å². The fraction of sp³-hybridized carbons (Fsp3) is 0.667. The molecule has 0 rings (SSSR count). The largest absolute Gasteiger partial charge is 0.0848 e. The first-order valence-electron chi connectivity index (χ1n) is 4.81. The third kappa shape index (κ3) is 5.17. The van der Waals surface area contributed by atoms with Crippen LogP contribution < -0.4 is 0 Å². The predicted octanol–water partition coefficient (Wildman–Crippen LogP) is 4.19. The molecule has 0 saturated heterocycles. The summed E-state index contributed by atoms with van der Waals surface area (Å²) in [5.74, 6) is 0.638. The highest BCUT2D eigenvalue weighted by molar-refractivity contribution is 5.04. The van der Waals surface area contributed by atoms with Gasteiger partial charge < -0.3 is 0 Å². The summed E-state index contributed by atoms with van der Waals surface area (Å²) in [6.45, 7) is 11.2. The van der Waals surface area contributed by atoms with Crippen LogP contribution in [0, 0.1) is 11.3 Å². The molecule has 0 saturated carbocycles. The average molecular weight is 166 g/mol. The fourth-order valence-corrected chi connectivity index (χ4v) is 0.734. The van der Waals surface area contributed by atoms with Crippen LogP contribution in [0.1, 0.15) is 41.0 Å². The molecule has 0 heterocycles. The van der Waals surface area contributed by atoms with Gasteiger partial charge in [-0.15, -0.1) is 0 Å². The maximum Gasteiger partial charge on any atom is -0.0210 e. The van der Waals surface area contributed by atoms with Crippen molar-refractivity contribution in [2.24, 2.45) is 11.3 Å². The third-order valence-corrected chi connectivity index (χ3v) is 2.25. The molecule has 0 aromatic heterocycles. The quantitative estimate of drug-likeness (QED) is 0.551. The van der Waals surface area contributed by atoms with Crippen molar-refractivity contribution in [3.63, 3.8) is 0 Å². The van der Waals surface area contributed by atoms with Crippen LogP contribution in [0.2, 0.25) is 0 Å². The van der Waals surface area contributed by atoms with Gasteiger partial charge in [0.1, 0.15) is 0 Å². The molecule has 0 N–H and O–H groups in total. The molecule has 0 aliphatic heterocycles. The van der Waals surface area contributed by atoms with Gasteiger partial charge in [0, 0.05) is 0 Å². The highest BCUT2D eigenvalue weighted by atomic mass is 14.2. The number of hydrogen-bond donors (Lipinski definition) is 0. The Labute approximate surface area is 77.4 Å². The van der Waals surface area contributed by atoms with Crippen molar-refractivity contribution in [2.45, 2.75) is 41.0 Å². The number of rotatable bonds is 3. The Bertz CT molecular complexity index is 155. The monoisotopic (exact) mass is 166 g/mol. The van der Waals surface area contributed by atoms with E-state index in [2.05, 4.69) is 58.9 Å². The summed E-state index contributed by atoms with van der Waals surface area (Å²) in [5, 5.41) is 0. The summed E-state index contributed by atoms with van der Waals surface area (Å²) in [6.07, 6.45) is 9.84. The number of allylic oxidation sites excluding steroid dienone is 4. The molecule has 0 heteroatoms. The molecule has 0 fully saturated rings. The highest BCUT2D eigenvalue weighted by Crippen LogP contribution is 2.25. The van der Waals surface area contributed by atoms with Crippen LogP contribution in [0.5, 0.6) is 0 Å². The molecular formula is C12H22. The molecule has 0 nitrogen and oxygen atoms in total. The molecule has 0 amide bonds. The van der Waals surface area contributed by atoms with Gasteiger partial charge in [0.2, 0.25) is 0 Å². The van der Waals surface area contributed by atoms with E-state index in [4.69, 9.17) is 0 Å². The second-order valence-electron chi connectivity index (χ2n) is 4.38. The van der Waals surface area contributed by atoms with E-state index < -0.39 is 0 Å². The van der Waals surface area contributed by atoms with E-state index in [9.17, 15) is 0 Å². The van der Waals surface area contributed by atoms with Crippen molar-refractivity contribution >= 4 is 0 Å². The zero-order valence-corrected chi connectivity index (χ0v) is 9.09. The van der Waals surface area contributed by atoms with Crippen molar-refractivity contribution in [3.05, 3.63) is 24.3 Å². The van der Waals surface area contributed by atoms with Crippen molar-refractivity contribution in [3.8, 4) is 0 Å². The van der Waals surface area contributed by atoms with Gasteiger partial charge in [-0.2, -0.15) is 0 Å². The molecule has 70 valence electrons. The van der Waals surface area contributed by atoms with Gasteiger partial charge in [0.05, 0.1) is 0 Å². The lowest BCUT2D eigenvalue weighted by molar-refractivity contribution is 0.314. The summed E-state index contributed by atoms with van der Waals surface area (Å²) in [5.41, 5.74) is 0.385. The summed E-state index contributed by atoms with van der Waals surface area (Å²) >= 11 is 0. The van der Waals surface area contributed by atoms with Crippen molar-refractivity contribution in [1.29, 1.82) is 0 Å². The lowest BCUT2D eigenvalue weighted by Crippen LogP contribution is -2.14. The SMILES string of the molecule is CCC=CC=CC(C)C(C)(C)C. The maximum atomic E-state index is 2.27. The van der Waals surface area contributed by atoms with E-state index in [1.165, 1.54) is 0 Å². The first-order valence-corrected chi connectivity index (χ1v) is 4.81. The van der Waals surface area contributed by atoms with Gasteiger partial charge in [0.25, 0.3) is 0 Å². The Hall–Kier alpha value is -0.520. The van der Waals surface area contributed by atoms with Gasteiger partial charge in [-0.1, -0.05) is 58.9 Å². The standard InChI is InChI=1S/C12H22/c1-6-7-8-9-10-11(2)12(3,4)5/h7-11H,6H2,1-5H3. The molecule has 1 unspecified atom stereocenters. The fourth-order valence-electron chi connectivity index (χ4n) is 0.734. The highest BCUT2D eigenvalue weighted by Gasteiger charge is 2.16. The minimum atomic E-state index is 0.385. The smallest absolute Gasteiger partial charge is 0.0210 e. The topological polar surface area (TPSA) is 0 Å². The average Bonchev–Trinajstić information content (AvgIpc) is 1.96. The van der Waals surface area contributed by atoms with Crippen molar-refractivity contribution in [2.75, 3.05) is 0 Å². The van der Waals surface area contributed by atoms with E-state index in [1.54, 1.807) is 0 Å². The Kier molecular flexibility index (Phi) is 4.96. The van der Waals surface area contributed by atoms with Crippen LogP contribution in [-0.4, -0.2) is 0 Å². The molecular weight excluding hydrogens is 144 g/mol. The normalized spacial score (nSPS) is 16.1. The molecule has 0 aliphatic carbocycles. The second-order valence-corrected chi connectivity index (χ2v) is 4.38. The Balaban J connectivity index is 3.92. The molecule has 1 atom stereocenters.